The minimum atomic E-state index is -4.17. The van der Waals surface area contributed by atoms with Crippen molar-refractivity contribution in [2.45, 2.75) is 31.2 Å². The second-order valence-electron chi connectivity index (χ2n) is 3.09. The third-order valence-corrected chi connectivity index (χ3v) is 2.77. The highest BCUT2D eigenvalue weighted by Crippen LogP contribution is 2.29. The highest BCUT2D eigenvalue weighted by atomic mass is 32.2. The summed E-state index contributed by atoms with van der Waals surface area (Å²) >= 11 is 0.919. The summed E-state index contributed by atoms with van der Waals surface area (Å²) in [6.07, 6.45) is -5.06. The highest BCUT2D eigenvalue weighted by Gasteiger charge is 2.30. The number of primary amides is 1. The number of amides is 1. The van der Waals surface area contributed by atoms with E-state index in [0.717, 1.165) is 11.8 Å². The summed E-state index contributed by atoms with van der Waals surface area (Å²) in [6, 6.07) is 0. The first kappa shape index (κ1) is 12.6. The largest absolute Gasteiger partial charge is 0.389 e. The van der Waals surface area contributed by atoms with Gasteiger partial charge in [-0.2, -0.15) is 13.2 Å². The number of carbonyl (C=O) groups is 1. The van der Waals surface area contributed by atoms with Crippen molar-refractivity contribution in [3.8, 4) is 0 Å². The fraction of sp³-hybridized carbons (Fsp3) is 0.857. The second kappa shape index (κ2) is 4.21. The van der Waals surface area contributed by atoms with Gasteiger partial charge < -0.3 is 5.73 Å². The number of thioether (sulfide) groups is 1. The van der Waals surface area contributed by atoms with Gasteiger partial charge in [0.15, 0.2) is 0 Å². The number of hydrogen-bond acceptors (Lipinski definition) is 2. The van der Waals surface area contributed by atoms with Crippen LogP contribution in [0.1, 0.15) is 20.3 Å². The number of hydrogen-bond donors (Lipinski definition) is 1. The van der Waals surface area contributed by atoms with E-state index in [-0.39, 0.29) is 5.75 Å². The van der Waals surface area contributed by atoms with Crippen molar-refractivity contribution in [3.05, 3.63) is 0 Å². The second-order valence-corrected chi connectivity index (χ2v) is 4.81. The molecule has 0 radical (unpaired) electrons. The van der Waals surface area contributed by atoms with Crippen molar-refractivity contribution in [1.82, 2.24) is 0 Å². The summed E-state index contributed by atoms with van der Waals surface area (Å²) in [7, 11) is 0. The molecule has 6 heteroatoms. The molecule has 0 aromatic heterocycles. The maximum absolute atomic E-state index is 11.7. The predicted octanol–water partition coefficient (Wildman–Crippen LogP) is 1.94. The van der Waals surface area contributed by atoms with Gasteiger partial charge in [0.2, 0.25) is 5.91 Å². The van der Waals surface area contributed by atoms with Crippen LogP contribution in [-0.4, -0.2) is 22.6 Å². The summed E-state index contributed by atoms with van der Waals surface area (Å²) in [5, 5.41) is 0. The van der Waals surface area contributed by atoms with E-state index in [1.165, 1.54) is 13.8 Å². The first-order chi connectivity index (χ1) is 5.65. The van der Waals surface area contributed by atoms with Crippen LogP contribution in [0.2, 0.25) is 0 Å². The van der Waals surface area contributed by atoms with Crippen LogP contribution in [-0.2, 0) is 4.79 Å². The number of alkyl halides is 3. The Hall–Kier alpha value is -0.390. The van der Waals surface area contributed by atoms with Gasteiger partial charge in [-0.15, -0.1) is 11.8 Å². The Balaban J connectivity index is 3.84. The summed E-state index contributed by atoms with van der Waals surface area (Å²) in [5.74, 6) is -0.737. The topological polar surface area (TPSA) is 43.1 Å². The minimum absolute atomic E-state index is 0.139. The molecule has 0 aromatic carbocycles. The third kappa shape index (κ3) is 5.79. The summed E-state index contributed by atoms with van der Waals surface area (Å²) in [6.45, 7) is 3.02. The molecular formula is C7H12F3NOS. The first-order valence-electron chi connectivity index (χ1n) is 3.66. The van der Waals surface area contributed by atoms with E-state index in [4.69, 9.17) is 5.73 Å². The summed E-state index contributed by atoms with van der Waals surface area (Å²) in [4.78, 5) is 10.7. The van der Waals surface area contributed by atoms with E-state index in [0.29, 0.717) is 0 Å². The van der Waals surface area contributed by atoms with E-state index in [1.807, 2.05) is 0 Å². The van der Waals surface area contributed by atoms with Gasteiger partial charge in [0, 0.05) is 5.75 Å². The molecule has 0 heterocycles. The van der Waals surface area contributed by atoms with E-state index < -0.39 is 23.3 Å². The number of nitrogens with two attached hydrogens (primary N) is 1. The van der Waals surface area contributed by atoms with Crippen molar-refractivity contribution in [2.24, 2.45) is 5.73 Å². The zero-order valence-electron chi connectivity index (χ0n) is 7.44. The fourth-order valence-electron chi connectivity index (χ4n) is 0.493. The molecule has 0 fully saturated rings. The van der Waals surface area contributed by atoms with E-state index in [1.54, 1.807) is 0 Å². The van der Waals surface area contributed by atoms with Gasteiger partial charge >= 0.3 is 6.18 Å². The summed E-state index contributed by atoms with van der Waals surface area (Å²) < 4.78 is 34.2. The molecule has 0 aromatic rings. The fourth-order valence-corrected chi connectivity index (χ4v) is 1.48. The maximum atomic E-state index is 11.7. The Kier molecular flexibility index (Phi) is 4.09. The average molecular weight is 215 g/mol. The van der Waals surface area contributed by atoms with Crippen LogP contribution in [0.4, 0.5) is 13.2 Å². The Labute approximate surface area is 79.1 Å². The van der Waals surface area contributed by atoms with Crippen LogP contribution in [0.3, 0.4) is 0 Å². The van der Waals surface area contributed by atoms with E-state index >= 15 is 0 Å². The minimum Gasteiger partial charge on any atom is -0.368 e. The lowest BCUT2D eigenvalue weighted by Crippen LogP contribution is -2.35. The lowest BCUT2D eigenvalue weighted by Gasteiger charge is -2.19. The monoisotopic (exact) mass is 215 g/mol. The maximum Gasteiger partial charge on any atom is 0.389 e. The van der Waals surface area contributed by atoms with E-state index in [9.17, 15) is 18.0 Å². The molecule has 13 heavy (non-hydrogen) atoms. The highest BCUT2D eigenvalue weighted by molar-refractivity contribution is 8.01. The molecule has 0 aliphatic rings. The normalized spacial score (nSPS) is 13.0. The SMILES string of the molecule is CC(C)(SCCC(F)(F)F)C(N)=O. The van der Waals surface area contributed by atoms with Gasteiger partial charge in [-0.25, -0.2) is 0 Å². The van der Waals surface area contributed by atoms with Gasteiger partial charge in [0.1, 0.15) is 0 Å². The first-order valence-corrected chi connectivity index (χ1v) is 4.64. The molecule has 0 saturated heterocycles. The predicted molar refractivity (Wildman–Crippen MR) is 46.4 cm³/mol. The molecule has 0 rings (SSSR count). The summed E-state index contributed by atoms with van der Waals surface area (Å²) in [5.41, 5.74) is 4.98. The van der Waals surface area contributed by atoms with Crippen molar-refractivity contribution in [3.63, 3.8) is 0 Å². The van der Waals surface area contributed by atoms with Gasteiger partial charge in [0.05, 0.1) is 11.2 Å². The molecule has 0 spiro atoms. The van der Waals surface area contributed by atoms with Crippen LogP contribution in [0, 0.1) is 0 Å². The number of halogens is 3. The van der Waals surface area contributed by atoms with Crippen molar-refractivity contribution >= 4 is 17.7 Å². The third-order valence-electron chi connectivity index (χ3n) is 1.44. The molecule has 78 valence electrons. The Morgan fingerprint density at radius 2 is 1.85 bits per heavy atom. The molecule has 0 aliphatic heterocycles. The molecule has 0 saturated carbocycles. The smallest absolute Gasteiger partial charge is 0.368 e. The van der Waals surface area contributed by atoms with Crippen LogP contribution >= 0.6 is 11.8 Å². The average Bonchev–Trinajstić information content (AvgIpc) is 1.82. The molecule has 0 atom stereocenters. The molecule has 0 unspecified atom stereocenters. The standard InChI is InChI=1S/C7H12F3NOS/c1-6(2,5(11)12)13-4-3-7(8,9)10/h3-4H2,1-2H3,(H2,11,12). The van der Waals surface area contributed by atoms with Gasteiger partial charge in [-0.05, 0) is 13.8 Å². The lowest BCUT2D eigenvalue weighted by atomic mass is 10.2. The number of rotatable bonds is 4. The Morgan fingerprint density at radius 3 is 2.15 bits per heavy atom. The molecule has 2 N–H and O–H groups in total. The number of carbonyl (C=O) groups excluding carboxylic acids is 1. The van der Waals surface area contributed by atoms with Crippen molar-refractivity contribution in [2.75, 3.05) is 5.75 Å². The van der Waals surface area contributed by atoms with Gasteiger partial charge in [-0.1, -0.05) is 0 Å². The Bertz CT molecular complexity index is 191. The van der Waals surface area contributed by atoms with Crippen LogP contribution in [0.25, 0.3) is 0 Å². The van der Waals surface area contributed by atoms with Gasteiger partial charge in [-0.3, -0.25) is 4.79 Å². The van der Waals surface area contributed by atoms with Crippen LogP contribution in [0.5, 0.6) is 0 Å². The molecule has 1 amide bonds. The Morgan fingerprint density at radius 1 is 1.38 bits per heavy atom. The zero-order valence-corrected chi connectivity index (χ0v) is 8.26. The quantitative estimate of drug-likeness (QED) is 0.778. The van der Waals surface area contributed by atoms with Crippen molar-refractivity contribution < 1.29 is 18.0 Å². The lowest BCUT2D eigenvalue weighted by molar-refractivity contribution is -0.130. The molecule has 0 aliphatic carbocycles. The van der Waals surface area contributed by atoms with Crippen LogP contribution in [0.15, 0.2) is 0 Å². The van der Waals surface area contributed by atoms with Gasteiger partial charge in [0.25, 0.3) is 0 Å². The molecular weight excluding hydrogens is 203 g/mol. The zero-order chi connectivity index (χ0) is 10.7. The van der Waals surface area contributed by atoms with Crippen molar-refractivity contribution in [1.29, 1.82) is 0 Å². The molecule has 2 nitrogen and oxygen atoms in total. The van der Waals surface area contributed by atoms with E-state index in [2.05, 4.69) is 0 Å². The molecule has 0 bridgehead atoms. The van der Waals surface area contributed by atoms with Crippen LogP contribution < -0.4 is 5.73 Å².